The van der Waals surface area contributed by atoms with Crippen LogP contribution >= 0.6 is 43.5 Å². The average Bonchev–Trinajstić information content (AvgIpc) is 3.32. The van der Waals surface area contributed by atoms with Gasteiger partial charge in [0.1, 0.15) is 12.2 Å². The number of hydrazone groups is 1. The van der Waals surface area contributed by atoms with E-state index in [0.717, 1.165) is 30.7 Å². The normalized spacial score (nSPS) is 11.4. The van der Waals surface area contributed by atoms with E-state index < -0.39 is 5.91 Å². The van der Waals surface area contributed by atoms with E-state index in [1.54, 1.807) is 18.2 Å². The van der Waals surface area contributed by atoms with Gasteiger partial charge in [0.2, 0.25) is 0 Å². The summed E-state index contributed by atoms with van der Waals surface area (Å²) in [4.78, 5) is 12.5. The van der Waals surface area contributed by atoms with Crippen molar-refractivity contribution in [2.24, 2.45) is 5.10 Å². The lowest BCUT2D eigenvalue weighted by Crippen LogP contribution is -2.16. The molecule has 0 saturated heterocycles. The highest BCUT2D eigenvalue weighted by molar-refractivity contribution is 9.11. The largest absolute Gasteiger partial charge is 0.493 e. The highest BCUT2D eigenvalue weighted by atomic mass is 79.9. The van der Waals surface area contributed by atoms with E-state index in [1.165, 1.54) is 13.3 Å². The Labute approximate surface area is 234 Å². The number of nitrogens with one attached hydrogen (secondary N) is 1. The first-order chi connectivity index (χ1) is 17.9. The van der Waals surface area contributed by atoms with E-state index in [2.05, 4.69) is 60.6 Å². The maximum Gasteiger partial charge on any atom is 0.307 e. The van der Waals surface area contributed by atoms with Gasteiger partial charge in [-0.15, -0.1) is 0 Å². The molecule has 1 heterocycles. The molecule has 0 fully saturated rings. The van der Waals surface area contributed by atoms with Crippen molar-refractivity contribution in [1.29, 1.82) is 0 Å². The zero-order chi connectivity index (χ0) is 25.9. The third-order valence-electron chi connectivity index (χ3n) is 5.64. The monoisotopic (exact) mass is 640 g/mol. The second-order valence-corrected chi connectivity index (χ2v) is 10.3. The predicted octanol–water partition coefficient (Wildman–Crippen LogP) is 8.12. The Balaban J connectivity index is 1.30. The summed E-state index contributed by atoms with van der Waals surface area (Å²) < 4.78 is 18.9. The Bertz CT molecular complexity index is 1660. The van der Waals surface area contributed by atoms with Gasteiger partial charge in [-0.25, -0.2) is 5.43 Å². The molecular formula is C28H19Br2ClN2O4. The third-order valence-corrected chi connectivity index (χ3v) is 6.97. The lowest BCUT2D eigenvalue weighted by atomic mass is 10.1. The fourth-order valence-electron chi connectivity index (χ4n) is 3.93. The minimum atomic E-state index is -0.483. The van der Waals surface area contributed by atoms with Crippen LogP contribution in [0.3, 0.4) is 0 Å². The van der Waals surface area contributed by atoms with Crippen LogP contribution in [0, 0.1) is 0 Å². The molecule has 1 amide bonds. The standard InChI is InChI=1S/C28H19Br2ClN2O4/c1-35-24-10-16(14-32-33-28(34)25-12-19-11-20(29)13-22(30)26(19)37-25)9-23(31)27(24)36-15-18-7-4-6-17-5-2-3-8-21(17)18/h2-14H,15H2,1H3,(H,33,34)/b32-14-. The minimum Gasteiger partial charge on any atom is -0.493 e. The lowest BCUT2D eigenvalue weighted by molar-refractivity contribution is 0.0929. The zero-order valence-electron chi connectivity index (χ0n) is 19.4. The molecule has 0 aliphatic rings. The van der Waals surface area contributed by atoms with Gasteiger partial charge in [0.15, 0.2) is 17.3 Å². The molecule has 0 unspecified atom stereocenters. The smallest absolute Gasteiger partial charge is 0.307 e. The van der Waals surface area contributed by atoms with E-state index in [-0.39, 0.29) is 5.76 Å². The van der Waals surface area contributed by atoms with Crippen molar-refractivity contribution in [2.45, 2.75) is 6.61 Å². The number of carbonyl (C=O) groups excluding carboxylic acids is 1. The summed E-state index contributed by atoms with van der Waals surface area (Å²) in [6, 6.07) is 23.0. The van der Waals surface area contributed by atoms with Crippen molar-refractivity contribution in [1.82, 2.24) is 5.43 Å². The number of carbonyl (C=O) groups is 1. The van der Waals surface area contributed by atoms with Gasteiger partial charge in [0.05, 0.1) is 22.8 Å². The van der Waals surface area contributed by atoms with Crippen LogP contribution in [-0.2, 0) is 6.61 Å². The Kier molecular flexibility index (Phi) is 7.50. The van der Waals surface area contributed by atoms with E-state index in [1.807, 2.05) is 36.4 Å². The number of hydrogen-bond acceptors (Lipinski definition) is 5. The number of ether oxygens (including phenoxy) is 2. The molecule has 0 radical (unpaired) electrons. The topological polar surface area (TPSA) is 73.1 Å². The molecule has 4 aromatic carbocycles. The van der Waals surface area contributed by atoms with Crippen molar-refractivity contribution in [2.75, 3.05) is 7.11 Å². The Morgan fingerprint density at radius 2 is 1.86 bits per heavy atom. The molecule has 37 heavy (non-hydrogen) atoms. The number of nitrogens with zero attached hydrogens (tertiary/aromatic N) is 1. The second-order valence-electron chi connectivity index (χ2n) is 8.08. The molecule has 0 aliphatic carbocycles. The van der Waals surface area contributed by atoms with Crippen molar-refractivity contribution in [3.8, 4) is 11.5 Å². The number of fused-ring (bicyclic) bond motifs is 2. The van der Waals surface area contributed by atoms with Gasteiger partial charge < -0.3 is 13.9 Å². The number of hydrogen-bond donors (Lipinski definition) is 1. The quantitative estimate of drug-likeness (QED) is 0.144. The van der Waals surface area contributed by atoms with Crippen LogP contribution < -0.4 is 14.9 Å². The summed E-state index contributed by atoms with van der Waals surface area (Å²) in [5, 5.41) is 7.44. The number of halogens is 3. The van der Waals surface area contributed by atoms with Gasteiger partial charge in [0.25, 0.3) is 0 Å². The van der Waals surface area contributed by atoms with Crippen LogP contribution in [0.25, 0.3) is 21.7 Å². The van der Waals surface area contributed by atoms with Gasteiger partial charge in [0, 0.05) is 9.86 Å². The number of methoxy groups -OCH3 is 1. The van der Waals surface area contributed by atoms with Crippen molar-refractivity contribution >= 4 is 77.3 Å². The second kappa shape index (κ2) is 11.0. The summed E-state index contributed by atoms with van der Waals surface area (Å²) in [6.07, 6.45) is 1.47. The first-order valence-corrected chi connectivity index (χ1v) is 13.1. The number of furan rings is 1. The Morgan fingerprint density at radius 3 is 2.70 bits per heavy atom. The van der Waals surface area contributed by atoms with Crippen LogP contribution in [0.5, 0.6) is 11.5 Å². The van der Waals surface area contributed by atoms with Crippen LogP contribution in [0.15, 0.2) is 91.3 Å². The number of rotatable bonds is 7. The van der Waals surface area contributed by atoms with Crippen LogP contribution in [-0.4, -0.2) is 19.2 Å². The highest BCUT2D eigenvalue weighted by Gasteiger charge is 2.15. The van der Waals surface area contributed by atoms with Crippen LogP contribution in [0.4, 0.5) is 0 Å². The average molecular weight is 643 g/mol. The van der Waals surface area contributed by atoms with Gasteiger partial charge in [-0.05, 0) is 68.2 Å². The molecule has 0 spiro atoms. The molecule has 5 aromatic rings. The maximum absolute atomic E-state index is 12.5. The zero-order valence-corrected chi connectivity index (χ0v) is 23.4. The predicted molar refractivity (Wildman–Crippen MR) is 153 cm³/mol. The van der Waals surface area contributed by atoms with Crippen molar-refractivity contribution < 1.29 is 18.7 Å². The molecule has 186 valence electrons. The van der Waals surface area contributed by atoms with Gasteiger partial charge >= 0.3 is 5.91 Å². The highest BCUT2D eigenvalue weighted by Crippen LogP contribution is 2.37. The molecule has 0 atom stereocenters. The van der Waals surface area contributed by atoms with Gasteiger partial charge in [-0.3, -0.25) is 4.79 Å². The van der Waals surface area contributed by atoms with Crippen molar-refractivity contribution in [3.05, 3.63) is 104 Å². The fourth-order valence-corrected chi connectivity index (χ4v) is 5.54. The summed E-state index contributed by atoms with van der Waals surface area (Å²) in [5.74, 6) is 0.535. The first-order valence-electron chi connectivity index (χ1n) is 11.1. The van der Waals surface area contributed by atoms with Crippen molar-refractivity contribution in [3.63, 3.8) is 0 Å². The summed E-state index contributed by atoms with van der Waals surface area (Å²) in [6.45, 7) is 0.325. The van der Waals surface area contributed by atoms with E-state index in [0.29, 0.717) is 34.3 Å². The minimum absolute atomic E-state index is 0.138. The van der Waals surface area contributed by atoms with Gasteiger partial charge in [-0.2, -0.15) is 5.10 Å². The maximum atomic E-state index is 12.5. The first kappa shape index (κ1) is 25.3. The molecule has 6 nitrogen and oxygen atoms in total. The number of benzene rings is 4. The van der Waals surface area contributed by atoms with E-state index in [9.17, 15) is 4.79 Å². The molecule has 0 saturated carbocycles. The van der Waals surface area contributed by atoms with Crippen LogP contribution in [0.1, 0.15) is 21.7 Å². The molecule has 9 heteroatoms. The van der Waals surface area contributed by atoms with Crippen LogP contribution in [0.2, 0.25) is 5.02 Å². The summed E-state index contributed by atoms with van der Waals surface area (Å²) in [7, 11) is 1.54. The molecule has 5 rings (SSSR count). The summed E-state index contributed by atoms with van der Waals surface area (Å²) >= 11 is 13.4. The fraction of sp³-hybridized carbons (Fsp3) is 0.0714. The SMILES string of the molecule is COc1cc(/C=N\NC(=O)c2cc3cc(Br)cc(Br)c3o2)cc(Cl)c1OCc1cccc2ccccc12. The summed E-state index contributed by atoms with van der Waals surface area (Å²) in [5.41, 5.74) is 4.71. The molecular weight excluding hydrogens is 624 g/mol. The Morgan fingerprint density at radius 1 is 1.05 bits per heavy atom. The van der Waals surface area contributed by atoms with E-state index in [4.69, 9.17) is 25.5 Å². The molecule has 1 aromatic heterocycles. The molecule has 1 N–H and O–H groups in total. The Hall–Kier alpha value is -3.33. The van der Waals surface area contributed by atoms with Gasteiger partial charge in [-0.1, -0.05) is 70.0 Å². The lowest BCUT2D eigenvalue weighted by Gasteiger charge is -2.14. The molecule has 0 aliphatic heterocycles. The molecule has 0 bridgehead atoms. The van der Waals surface area contributed by atoms with E-state index >= 15 is 0 Å². The third kappa shape index (κ3) is 5.51. The number of amides is 1.